The van der Waals surface area contributed by atoms with Gasteiger partial charge in [0, 0.05) is 0 Å². The fraction of sp³-hybridized carbons (Fsp3) is 0.471. The molecule has 0 amide bonds. The van der Waals surface area contributed by atoms with Crippen molar-refractivity contribution in [2.24, 2.45) is 5.92 Å². The van der Waals surface area contributed by atoms with Crippen molar-refractivity contribution in [3.05, 3.63) is 101 Å². The molecule has 3 nitrogen and oxygen atoms in total. The highest BCUT2D eigenvalue weighted by atomic mass is 32.2. The number of allylic oxidation sites excluding steroid dienone is 5. The average Bonchev–Trinajstić information content (AvgIpc) is 2.87. The van der Waals surface area contributed by atoms with Crippen molar-refractivity contribution in [2.75, 3.05) is 6.61 Å². The number of sulfone groups is 1. The van der Waals surface area contributed by atoms with Crippen molar-refractivity contribution in [3.8, 4) is 0 Å². The van der Waals surface area contributed by atoms with Crippen molar-refractivity contribution in [3.63, 3.8) is 0 Å². The van der Waals surface area contributed by atoms with Gasteiger partial charge in [0.2, 0.25) is 0 Å². The number of hydrogen-bond donors (Lipinski definition) is 0. The molecule has 0 radical (unpaired) electrons. The molecule has 0 fully saturated rings. The lowest BCUT2D eigenvalue weighted by atomic mass is 9.96. The van der Waals surface area contributed by atoms with Gasteiger partial charge in [0.15, 0.2) is 9.84 Å². The van der Waals surface area contributed by atoms with Gasteiger partial charge >= 0.3 is 0 Å². The van der Waals surface area contributed by atoms with E-state index in [4.69, 9.17) is 4.74 Å². The largest absolute Gasteiger partial charge is 0.373 e. The Kier molecular flexibility index (Phi) is 13.8. The van der Waals surface area contributed by atoms with Gasteiger partial charge in [-0.05, 0) is 96.8 Å². The van der Waals surface area contributed by atoms with E-state index in [1.54, 1.807) is 12.1 Å². The molecule has 0 saturated heterocycles. The van der Waals surface area contributed by atoms with Gasteiger partial charge in [-0.25, -0.2) is 8.42 Å². The summed E-state index contributed by atoms with van der Waals surface area (Å²) < 4.78 is 33.1. The van der Waals surface area contributed by atoms with Gasteiger partial charge in [-0.2, -0.15) is 0 Å². The molecule has 2 aromatic carbocycles. The SMILES string of the molecule is CC(C)=CCC[C@H](C)CC(C/C(C)=C/CC/C(C)=C/COCc1ccccc1)S(=O)(=O)c1ccc(C)cc1. The molecule has 0 spiro atoms. The maximum absolute atomic E-state index is 13.7. The van der Waals surface area contributed by atoms with Gasteiger partial charge in [-0.3, -0.25) is 0 Å². The first-order chi connectivity index (χ1) is 18.1. The molecule has 0 aliphatic carbocycles. The van der Waals surface area contributed by atoms with Crippen LogP contribution in [0.25, 0.3) is 0 Å². The molecular formula is C34H48O3S. The molecule has 2 rings (SSSR count). The Morgan fingerprint density at radius 1 is 0.868 bits per heavy atom. The quantitative estimate of drug-likeness (QED) is 0.159. The van der Waals surface area contributed by atoms with Gasteiger partial charge in [0.1, 0.15) is 0 Å². The number of rotatable bonds is 16. The molecule has 0 aliphatic heterocycles. The monoisotopic (exact) mass is 536 g/mol. The summed E-state index contributed by atoms with van der Waals surface area (Å²) in [5, 5.41) is -0.411. The minimum absolute atomic E-state index is 0.338. The summed E-state index contributed by atoms with van der Waals surface area (Å²) in [7, 11) is -3.41. The third kappa shape index (κ3) is 12.0. The van der Waals surface area contributed by atoms with Gasteiger partial charge in [0.25, 0.3) is 0 Å². The second-order valence-electron chi connectivity index (χ2n) is 11.0. The topological polar surface area (TPSA) is 43.4 Å². The van der Waals surface area contributed by atoms with Gasteiger partial charge < -0.3 is 4.74 Å². The predicted octanol–water partition coefficient (Wildman–Crippen LogP) is 9.19. The zero-order valence-corrected chi connectivity index (χ0v) is 25.2. The zero-order chi connectivity index (χ0) is 28.0. The Balaban J connectivity index is 1.98. The molecule has 2 aromatic rings. The van der Waals surface area contributed by atoms with Crippen LogP contribution in [0.3, 0.4) is 0 Å². The summed E-state index contributed by atoms with van der Waals surface area (Å²) in [6.45, 7) is 13.8. The standard InChI is InChI=1S/C34H48O3S/c1-27(2)12-10-14-30(5)24-34(38(35,36)33-20-18-29(4)19-21-33)25-31(6)15-11-13-28(3)22-23-37-26-32-16-8-7-9-17-32/h7-9,12,15-22,30,34H,10-11,13-14,23-26H2,1-6H3/b28-22+,31-15+/t30-,34?/m0/s1. The van der Waals surface area contributed by atoms with Crippen LogP contribution in [0.2, 0.25) is 0 Å². The Bertz CT molecular complexity index is 1150. The van der Waals surface area contributed by atoms with E-state index in [-0.39, 0.29) is 0 Å². The van der Waals surface area contributed by atoms with Gasteiger partial charge in [-0.1, -0.05) is 89.9 Å². The third-order valence-electron chi connectivity index (χ3n) is 6.91. The van der Waals surface area contributed by atoms with E-state index in [9.17, 15) is 8.42 Å². The third-order valence-corrected chi connectivity index (χ3v) is 9.07. The summed E-state index contributed by atoms with van der Waals surface area (Å²) in [4.78, 5) is 0.437. The summed E-state index contributed by atoms with van der Waals surface area (Å²) in [6, 6.07) is 17.5. The van der Waals surface area contributed by atoms with Crippen LogP contribution < -0.4 is 0 Å². The maximum atomic E-state index is 13.7. The van der Waals surface area contributed by atoms with Crippen LogP contribution in [0, 0.1) is 12.8 Å². The Morgan fingerprint density at radius 3 is 2.21 bits per heavy atom. The first-order valence-corrected chi connectivity index (χ1v) is 15.5. The first kappa shape index (κ1) is 31.8. The fourth-order valence-corrected chi connectivity index (χ4v) is 6.47. The summed E-state index contributed by atoms with van der Waals surface area (Å²) in [6.07, 6.45) is 11.7. The molecule has 208 valence electrons. The summed E-state index contributed by atoms with van der Waals surface area (Å²) >= 11 is 0. The maximum Gasteiger partial charge on any atom is 0.181 e. The van der Waals surface area contributed by atoms with Crippen molar-refractivity contribution in [1.29, 1.82) is 0 Å². The molecule has 1 unspecified atom stereocenters. The van der Waals surface area contributed by atoms with Crippen LogP contribution >= 0.6 is 0 Å². The van der Waals surface area contributed by atoms with Crippen LogP contribution in [-0.4, -0.2) is 20.3 Å². The van der Waals surface area contributed by atoms with Gasteiger partial charge in [0.05, 0.1) is 23.4 Å². The number of benzene rings is 2. The zero-order valence-electron chi connectivity index (χ0n) is 24.4. The minimum Gasteiger partial charge on any atom is -0.373 e. The Hall–Kier alpha value is -2.43. The molecule has 0 aromatic heterocycles. The van der Waals surface area contributed by atoms with Crippen molar-refractivity contribution >= 4 is 9.84 Å². The van der Waals surface area contributed by atoms with Crippen molar-refractivity contribution in [2.45, 2.75) is 96.8 Å². The van der Waals surface area contributed by atoms with Crippen LogP contribution in [0.15, 0.2) is 94.4 Å². The molecule has 2 atom stereocenters. The predicted molar refractivity (Wildman–Crippen MR) is 162 cm³/mol. The van der Waals surface area contributed by atoms with E-state index in [1.807, 2.05) is 37.3 Å². The first-order valence-electron chi connectivity index (χ1n) is 13.9. The highest BCUT2D eigenvalue weighted by Crippen LogP contribution is 2.29. The van der Waals surface area contributed by atoms with Crippen molar-refractivity contribution < 1.29 is 13.2 Å². The van der Waals surface area contributed by atoms with E-state index in [0.717, 1.165) is 36.8 Å². The number of aryl methyl sites for hydroxylation is 1. The van der Waals surface area contributed by atoms with Crippen LogP contribution in [0.1, 0.15) is 84.3 Å². The van der Waals surface area contributed by atoms with E-state index < -0.39 is 15.1 Å². The minimum atomic E-state index is -3.41. The normalized spacial score (nSPS) is 14.3. The lowest BCUT2D eigenvalue weighted by Gasteiger charge is -2.22. The molecule has 0 bridgehead atoms. The second kappa shape index (κ2) is 16.5. The Morgan fingerprint density at radius 2 is 1.55 bits per heavy atom. The molecule has 4 heteroatoms. The van der Waals surface area contributed by atoms with E-state index in [2.05, 4.69) is 65.0 Å². The van der Waals surface area contributed by atoms with Gasteiger partial charge in [-0.15, -0.1) is 0 Å². The molecule has 0 N–H and O–H groups in total. The number of ether oxygens (including phenoxy) is 1. The van der Waals surface area contributed by atoms with E-state index in [1.165, 1.54) is 16.7 Å². The average molecular weight is 537 g/mol. The molecule has 38 heavy (non-hydrogen) atoms. The molecule has 0 heterocycles. The van der Waals surface area contributed by atoms with Crippen LogP contribution in [0.5, 0.6) is 0 Å². The highest BCUT2D eigenvalue weighted by Gasteiger charge is 2.29. The van der Waals surface area contributed by atoms with Crippen molar-refractivity contribution in [1.82, 2.24) is 0 Å². The second-order valence-corrected chi connectivity index (χ2v) is 13.3. The molecule has 0 saturated carbocycles. The van der Waals surface area contributed by atoms with E-state index >= 15 is 0 Å². The summed E-state index contributed by atoms with van der Waals surface area (Å²) in [5.41, 5.74) is 6.00. The Labute approximate surface area is 232 Å². The highest BCUT2D eigenvalue weighted by molar-refractivity contribution is 7.92. The summed E-state index contributed by atoms with van der Waals surface area (Å²) in [5.74, 6) is 0.338. The fourth-order valence-electron chi connectivity index (χ4n) is 4.51. The van der Waals surface area contributed by atoms with E-state index in [0.29, 0.717) is 36.9 Å². The lowest BCUT2D eigenvalue weighted by molar-refractivity contribution is 0.148. The number of hydrogen-bond acceptors (Lipinski definition) is 3. The van der Waals surface area contributed by atoms with Crippen LogP contribution in [-0.2, 0) is 21.2 Å². The molecular weight excluding hydrogens is 488 g/mol. The lowest BCUT2D eigenvalue weighted by Crippen LogP contribution is -2.24. The smallest absolute Gasteiger partial charge is 0.181 e. The molecule has 0 aliphatic rings. The van der Waals surface area contributed by atoms with Crippen LogP contribution in [0.4, 0.5) is 0 Å².